The largest absolute Gasteiger partial charge is 0.356 e. The predicted octanol–water partition coefficient (Wildman–Crippen LogP) is 0.350. The van der Waals surface area contributed by atoms with Gasteiger partial charge in [0.25, 0.3) is 0 Å². The van der Waals surface area contributed by atoms with E-state index in [0.717, 1.165) is 31.2 Å². The highest BCUT2D eigenvalue weighted by molar-refractivity contribution is 5.77. The van der Waals surface area contributed by atoms with Crippen LogP contribution in [-0.4, -0.2) is 27.8 Å². The maximum atomic E-state index is 11.6. The monoisotopic (exact) mass is 236 g/mol. The second kappa shape index (κ2) is 4.87. The molecule has 2 rings (SSSR count). The van der Waals surface area contributed by atoms with Crippen molar-refractivity contribution in [1.82, 2.24) is 15.1 Å². The Morgan fingerprint density at radius 1 is 1.65 bits per heavy atom. The number of nitrogens with one attached hydrogen (secondary N) is 1. The fourth-order valence-electron chi connectivity index (χ4n) is 2.14. The molecule has 1 aromatic rings. The molecule has 5 nitrogen and oxygen atoms in total. The van der Waals surface area contributed by atoms with Crippen molar-refractivity contribution in [3.05, 3.63) is 18.0 Å². The first kappa shape index (κ1) is 12.1. The lowest BCUT2D eigenvalue weighted by Gasteiger charge is -2.37. The molecule has 1 heterocycles. The van der Waals surface area contributed by atoms with E-state index in [1.165, 1.54) is 0 Å². The van der Waals surface area contributed by atoms with Gasteiger partial charge in [-0.3, -0.25) is 9.48 Å². The first-order valence-electron chi connectivity index (χ1n) is 6.11. The highest BCUT2D eigenvalue weighted by Gasteiger charge is 2.34. The Kier molecular flexibility index (Phi) is 3.47. The van der Waals surface area contributed by atoms with Gasteiger partial charge in [0.1, 0.15) is 0 Å². The summed E-state index contributed by atoms with van der Waals surface area (Å²) in [6, 6.07) is 0. The van der Waals surface area contributed by atoms with E-state index in [2.05, 4.69) is 10.4 Å². The molecule has 0 aliphatic heterocycles. The zero-order chi connectivity index (χ0) is 12.3. The lowest BCUT2D eigenvalue weighted by molar-refractivity contribution is -0.122. The van der Waals surface area contributed by atoms with Crippen LogP contribution in [0.5, 0.6) is 0 Å². The van der Waals surface area contributed by atoms with E-state index in [0.29, 0.717) is 13.0 Å². The summed E-state index contributed by atoms with van der Waals surface area (Å²) in [6.45, 7) is 0.653. The molecule has 1 aromatic heterocycles. The van der Waals surface area contributed by atoms with E-state index in [-0.39, 0.29) is 11.4 Å². The van der Waals surface area contributed by atoms with Gasteiger partial charge in [-0.25, -0.2) is 0 Å². The zero-order valence-corrected chi connectivity index (χ0v) is 10.3. The van der Waals surface area contributed by atoms with Crippen molar-refractivity contribution in [1.29, 1.82) is 0 Å². The molecule has 1 fully saturated rings. The van der Waals surface area contributed by atoms with Crippen LogP contribution in [0.25, 0.3) is 0 Å². The van der Waals surface area contributed by atoms with Crippen LogP contribution in [0, 0.1) is 0 Å². The van der Waals surface area contributed by atoms with Crippen molar-refractivity contribution in [3.63, 3.8) is 0 Å². The van der Waals surface area contributed by atoms with Gasteiger partial charge in [0.15, 0.2) is 0 Å². The molecule has 0 aromatic carbocycles. The molecular formula is C12H20N4O. The van der Waals surface area contributed by atoms with Crippen molar-refractivity contribution in [2.24, 2.45) is 12.8 Å². The Bertz CT molecular complexity index is 395. The summed E-state index contributed by atoms with van der Waals surface area (Å²) in [6.07, 6.45) is 8.16. The number of hydrogen-bond donors (Lipinski definition) is 2. The molecule has 0 unspecified atom stereocenters. The predicted molar refractivity (Wildman–Crippen MR) is 65.3 cm³/mol. The van der Waals surface area contributed by atoms with E-state index >= 15 is 0 Å². The normalized spacial score (nSPS) is 17.5. The summed E-state index contributed by atoms with van der Waals surface area (Å²) in [5.74, 6) is 0.0658. The third-order valence-electron chi connectivity index (χ3n) is 3.36. The summed E-state index contributed by atoms with van der Waals surface area (Å²) in [7, 11) is 1.89. The lowest BCUT2D eigenvalue weighted by Crippen LogP contribution is -2.50. The number of amides is 1. The first-order chi connectivity index (χ1) is 8.07. The average Bonchev–Trinajstić information content (AvgIpc) is 2.62. The van der Waals surface area contributed by atoms with Crippen LogP contribution in [0.1, 0.15) is 31.2 Å². The van der Waals surface area contributed by atoms with Gasteiger partial charge in [-0.15, -0.1) is 0 Å². The molecule has 1 aliphatic rings. The Labute approximate surface area is 101 Å². The molecule has 0 radical (unpaired) electrons. The minimum absolute atomic E-state index is 0.0658. The van der Waals surface area contributed by atoms with Crippen LogP contribution in [0.15, 0.2) is 12.4 Å². The van der Waals surface area contributed by atoms with E-state index in [9.17, 15) is 4.79 Å². The highest BCUT2D eigenvalue weighted by atomic mass is 16.1. The Morgan fingerprint density at radius 3 is 2.94 bits per heavy atom. The SMILES string of the molecule is Cn1cc(CCNC(=O)CC2(N)CCC2)cn1. The molecule has 94 valence electrons. The molecule has 0 spiro atoms. The molecular weight excluding hydrogens is 216 g/mol. The standard InChI is InChI=1S/C12H20N4O/c1-16-9-10(8-15-16)3-6-14-11(17)7-12(13)4-2-5-12/h8-9H,2-7,13H2,1H3,(H,14,17). The molecule has 1 saturated carbocycles. The highest BCUT2D eigenvalue weighted by Crippen LogP contribution is 2.31. The van der Waals surface area contributed by atoms with Crippen LogP contribution in [-0.2, 0) is 18.3 Å². The van der Waals surface area contributed by atoms with Crippen LogP contribution < -0.4 is 11.1 Å². The third kappa shape index (κ3) is 3.30. The maximum absolute atomic E-state index is 11.6. The molecule has 0 bridgehead atoms. The molecule has 17 heavy (non-hydrogen) atoms. The summed E-state index contributed by atoms with van der Waals surface area (Å²) in [5, 5.41) is 6.99. The van der Waals surface area contributed by atoms with E-state index in [4.69, 9.17) is 5.73 Å². The Hall–Kier alpha value is -1.36. The fourth-order valence-corrected chi connectivity index (χ4v) is 2.14. The molecule has 0 saturated heterocycles. The number of aromatic nitrogens is 2. The summed E-state index contributed by atoms with van der Waals surface area (Å²) < 4.78 is 1.76. The lowest BCUT2D eigenvalue weighted by atomic mass is 9.75. The van der Waals surface area contributed by atoms with E-state index in [1.54, 1.807) is 4.68 Å². The molecule has 5 heteroatoms. The number of nitrogens with two attached hydrogens (primary N) is 1. The van der Waals surface area contributed by atoms with Crippen LogP contribution in [0.4, 0.5) is 0 Å². The zero-order valence-electron chi connectivity index (χ0n) is 10.3. The Morgan fingerprint density at radius 2 is 2.41 bits per heavy atom. The number of carbonyl (C=O) groups is 1. The summed E-state index contributed by atoms with van der Waals surface area (Å²) in [5.41, 5.74) is 6.93. The first-order valence-corrected chi connectivity index (χ1v) is 6.11. The number of hydrogen-bond acceptors (Lipinski definition) is 3. The van der Waals surface area contributed by atoms with Gasteiger partial charge < -0.3 is 11.1 Å². The van der Waals surface area contributed by atoms with Crippen LogP contribution >= 0.6 is 0 Å². The van der Waals surface area contributed by atoms with Gasteiger partial charge >= 0.3 is 0 Å². The summed E-state index contributed by atoms with van der Waals surface area (Å²) >= 11 is 0. The van der Waals surface area contributed by atoms with Gasteiger partial charge in [-0.1, -0.05) is 0 Å². The van der Waals surface area contributed by atoms with Gasteiger partial charge in [0.2, 0.25) is 5.91 Å². The quantitative estimate of drug-likeness (QED) is 0.775. The van der Waals surface area contributed by atoms with Crippen LogP contribution in [0.3, 0.4) is 0 Å². The Balaban J connectivity index is 1.66. The van der Waals surface area contributed by atoms with Crippen molar-refractivity contribution in [2.75, 3.05) is 6.54 Å². The second-order valence-electron chi connectivity index (χ2n) is 5.01. The van der Waals surface area contributed by atoms with Crippen molar-refractivity contribution in [3.8, 4) is 0 Å². The van der Waals surface area contributed by atoms with Crippen molar-refractivity contribution < 1.29 is 4.79 Å². The van der Waals surface area contributed by atoms with Crippen molar-refractivity contribution >= 4 is 5.91 Å². The average molecular weight is 236 g/mol. The number of nitrogens with zero attached hydrogens (tertiary/aromatic N) is 2. The van der Waals surface area contributed by atoms with Gasteiger partial charge in [0, 0.05) is 31.7 Å². The van der Waals surface area contributed by atoms with E-state index < -0.39 is 0 Å². The number of aryl methyl sites for hydroxylation is 1. The summed E-state index contributed by atoms with van der Waals surface area (Å²) in [4.78, 5) is 11.6. The maximum Gasteiger partial charge on any atom is 0.221 e. The second-order valence-corrected chi connectivity index (χ2v) is 5.01. The van der Waals surface area contributed by atoms with Gasteiger partial charge in [-0.2, -0.15) is 5.10 Å². The minimum Gasteiger partial charge on any atom is -0.356 e. The smallest absolute Gasteiger partial charge is 0.221 e. The number of rotatable bonds is 5. The van der Waals surface area contributed by atoms with Crippen molar-refractivity contribution in [2.45, 2.75) is 37.6 Å². The van der Waals surface area contributed by atoms with Gasteiger partial charge in [-0.05, 0) is 31.2 Å². The van der Waals surface area contributed by atoms with Crippen LogP contribution in [0.2, 0.25) is 0 Å². The topological polar surface area (TPSA) is 72.9 Å². The minimum atomic E-state index is -0.224. The number of carbonyl (C=O) groups excluding carboxylic acids is 1. The fraction of sp³-hybridized carbons (Fsp3) is 0.667. The third-order valence-corrected chi connectivity index (χ3v) is 3.36. The molecule has 1 aliphatic carbocycles. The molecule has 1 amide bonds. The molecule has 3 N–H and O–H groups in total. The van der Waals surface area contributed by atoms with Gasteiger partial charge in [0.05, 0.1) is 6.20 Å². The van der Waals surface area contributed by atoms with E-state index in [1.807, 2.05) is 19.4 Å². The molecule has 0 atom stereocenters.